The predicted molar refractivity (Wildman–Crippen MR) is 84.7 cm³/mol. The second kappa shape index (κ2) is 5.71. The number of carbonyl (C=O) groups is 1. The van der Waals surface area contributed by atoms with Crippen LogP contribution in [0.4, 0.5) is 5.69 Å². The molecule has 1 aliphatic rings. The Balaban J connectivity index is 1.95. The van der Waals surface area contributed by atoms with Crippen LogP contribution in [0.1, 0.15) is 16.1 Å². The molecule has 2 heterocycles. The lowest BCUT2D eigenvalue weighted by molar-refractivity contribution is 0.0984. The first-order valence-corrected chi connectivity index (χ1v) is 8.48. The molecule has 1 aromatic heterocycles. The molecule has 0 radical (unpaired) electrons. The molecule has 1 amide bonds. The second-order valence-electron chi connectivity index (χ2n) is 5.38. The summed E-state index contributed by atoms with van der Waals surface area (Å²) in [6.07, 6.45) is 5.01. The van der Waals surface area contributed by atoms with E-state index in [1.54, 1.807) is 17.0 Å². The van der Waals surface area contributed by atoms with Crippen molar-refractivity contribution in [2.45, 2.75) is 11.3 Å². The van der Waals surface area contributed by atoms with E-state index in [1.807, 2.05) is 0 Å². The highest BCUT2D eigenvalue weighted by molar-refractivity contribution is 7.89. The maximum Gasteiger partial charge on any atom is 0.278 e. The summed E-state index contributed by atoms with van der Waals surface area (Å²) >= 11 is 0. The van der Waals surface area contributed by atoms with Gasteiger partial charge in [0.1, 0.15) is 5.69 Å². The fourth-order valence-electron chi connectivity index (χ4n) is 2.51. The third-order valence-corrected chi connectivity index (χ3v) is 5.56. The average Bonchev–Trinajstić information content (AvgIpc) is 2.98. The van der Waals surface area contributed by atoms with Gasteiger partial charge in [0, 0.05) is 38.7 Å². The number of carbonyl (C=O) groups excluding carboxylic acids is 1. The van der Waals surface area contributed by atoms with E-state index >= 15 is 0 Å². The highest BCUT2D eigenvalue weighted by Crippen LogP contribution is 2.31. The number of hydrogen-bond acceptors (Lipinski definition) is 5. The van der Waals surface area contributed by atoms with Crippen LogP contribution < -0.4 is 4.90 Å². The van der Waals surface area contributed by atoms with Gasteiger partial charge in [-0.1, -0.05) is 0 Å². The van der Waals surface area contributed by atoms with Gasteiger partial charge in [-0.25, -0.2) is 17.7 Å². The molecule has 8 heteroatoms. The van der Waals surface area contributed by atoms with E-state index < -0.39 is 10.0 Å². The minimum Gasteiger partial charge on any atom is -0.306 e. The molecule has 0 aliphatic carbocycles. The van der Waals surface area contributed by atoms with Gasteiger partial charge < -0.3 is 4.90 Å². The van der Waals surface area contributed by atoms with Crippen molar-refractivity contribution >= 4 is 21.6 Å². The maximum absolute atomic E-state index is 12.5. The monoisotopic (exact) mass is 332 g/mol. The summed E-state index contributed by atoms with van der Waals surface area (Å²) in [7, 11) is -0.496. The van der Waals surface area contributed by atoms with Crippen LogP contribution in [0.5, 0.6) is 0 Å². The lowest BCUT2D eigenvalue weighted by Crippen LogP contribution is -2.29. The molecule has 0 atom stereocenters. The Hall–Kier alpha value is -2.32. The predicted octanol–water partition coefficient (Wildman–Crippen LogP) is 0.930. The summed E-state index contributed by atoms with van der Waals surface area (Å²) < 4.78 is 25.6. The van der Waals surface area contributed by atoms with Crippen molar-refractivity contribution in [1.29, 1.82) is 0 Å². The number of rotatable bonds is 3. The lowest BCUT2D eigenvalue weighted by Gasteiger charge is -2.17. The van der Waals surface area contributed by atoms with Crippen molar-refractivity contribution in [2.24, 2.45) is 0 Å². The number of benzene rings is 1. The fourth-order valence-corrected chi connectivity index (χ4v) is 3.46. The smallest absolute Gasteiger partial charge is 0.278 e. The van der Waals surface area contributed by atoms with E-state index in [2.05, 4.69) is 9.97 Å². The van der Waals surface area contributed by atoms with Gasteiger partial charge in [0.25, 0.3) is 5.91 Å². The summed E-state index contributed by atoms with van der Waals surface area (Å²) in [5.41, 5.74) is 1.83. The Labute approximate surface area is 134 Å². The van der Waals surface area contributed by atoms with Gasteiger partial charge >= 0.3 is 0 Å². The van der Waals surface area contributed by atoms with Crippen LogP contribution in [0.2, 0.25) is 0 Å². The Morgan fingerprint density at radius 2 is 2.04 bits per heavy atom. The van der Waals surface area contributed by atoms with Gasteiger partial charge in [-0.2, -0.15) is 0 Å². The Morgan fingerprint density at radius 3 is 2.70 bits per heavy atom. The molecule has 1 aromatic carbocycles. The highest BCUT2D eigenvalue weighted by atomic mass is 32.2. The van der Waals surface area contributed by atoms with Crippen molar-refractivity contribution in [2.75, 3.05) is 25.5 Å². The number of aromatic nitrogens is 2. The number of nitrogens with zero attached hydrogens (tertiary/aromatic N) is 4. The zero-order valence-corrected chi connectivity index (χ0v) is 13.6. The molecule has 1 aliphatic heterocycles. The number of anilines is 1. The van der Waals surface area contributed by atoms with E-state index in [-0.39, 0.29) is 16.5 Å². The Kier molecular flexibility index (Phi) is 3.87. The zero-order chi connectivity index (χ0) is 16.6. The zero-order valence-electron chi connectivity index (χ0n) is 12.8. The van der Waals surface area contributed by atoms with Crippen molar-refractivity contribution in [3.05, 3.63) is 48.0 Å². The molecule has 0 saturated heterocycles. The van der Waals surface area contributed by atoms with Crippen LogP contribution in [0.15, 0.2) is 41.7 Å². The molecule has 0 unspecified atom stereocenters. The van der Waals surface area contributed by atoms with Crippen molar-refractivity contribution < 1.29 is 13.2 Å². The highest BCUT2D eigenvalue weighted by Gasteiger charge is 2.28. The second-order valence-corrected chi connectivity index (χ2v) is 7.53. The van der Waals surface area contributed by atoms with Crippen LogP contribution in [0.3, 0.4) is 0 Å². The molecule has 0 spiro atoms. The molecule has 0 saturated carbocycles. The SMILES string of the molecule is CN(C)S(=O)(=O)c1ccc2c(c1)CCN2C(=O)c1cnccn1. The standard InChI is InChI=1S/C15H16N4O3S/c1-18(2)23(21,22)12-3-4-14-11(9-12)5-8-19(14)15(20)13-10-16-6-7-17-13/h3-4,6-7,9-10H,5,8H2,1-2H3. The van der Waals surface area contributed by atoms with Gasteiger partial charge in [-0.3, -0.25) is 9.78 Å². The van der Waals surface area contributed by atoms with Gasteiger partial charge in [-0.05, 0) is 30.2 Å². The minimum absolute atomic E-state index is 0.232. The molecule has 0 N–H and O–H groups in total. The number of sulfonamides is 1. The first kappa shape index (κ1) is 15.6. The lowest BCUT2D eigenvalue weighted by atomic mass is 10.2. The van der Waals surface area contributed by atoms with E-state index in [9.17, 15) is 13.2 Å². The first-order chi connectivity index (χ1) is 10.9. The Bertz CT molecular complexity index is 850. The number of hydrogen-bond donors (Lipinski definition) is 0. The van der Waals surface area contributed by atoms with E-state index in [1.165, 1.54) is 43.1 Å². The minimum atomic E-state index is -3.48. The summed E-state index contributed by atoms with van der Waals surface area (Å²) in [5.74, 6) is -0.236. The summed E-state index contributed by atoms with van der Waals surface area (Å²) in [4.78, 5) is 22.3. The molecule has 23 heavy (non-hydrogen) atoms. The van der Waals surface area contributed by atoms with Gasteiger partial charge in [0.15, 0.2) is 0 Å². The van der Waals surface area contributed by atoms with Crippen LogP contribution in [-0.2, 0) is 16.4 Å². The van der Waals surface area contributed by atoms with Gasteiger partial charge in [0.05, 0.1) is 11.1 Å². The summed E-state index contributed by atoms with van der Waals surface area (Å²) in [6.45, 7) is 0.496. The summed E-state index contributed by atoms with van der Waals surface area (Å²) in [5, 5.41) is 0. The summed E-state index contributed by atoms with van der Waals surface area (Å²) in [6, 6.07) is 4.83. The molecular formula is C15H16N4O3S. The van der Waals surface area contributed by atoms with E-state index in [0.29, 0.717) is 13.0 Å². The molecular weight excluding hydrogens is 316 g/mol. The van der Waals surface area contributed by atoms with Crippen LogP contribution in [0, 0.1) is 0 Å². The van der Waals surface area contributed by atoms with Gasteiger partial charge in [0.2, 0.25) is 10.0 Å². The maximum atomic E-state index is 12.5. The van der Waals surface area contributed by atoms with Crippen LogP contribution >= 0.6 is 0 Å². The topological polar surface area (TPSA) is 83.5 Å². The van der Waals surface area contributed by atoms with Crippen LogP contribution in [-0.4, -0.2) is 49.2 Å². The molecule has 0 fully saturated rings. The van der Waals surface area contributed by atoms with E-state index in [0.717, 1.165) is 11.3 Å². The van der Waals surface area contributed by atoms with E-state index in [4.69, 9.17) is 0 Å². The normalized spacial score (nSPS) is 14.1. The first-order valence-electron chi connectivity index (χ1n) is 7.04. The number of fused-ring (bicyclic) bond motifs is 1. The van der Waals surface area contributed by atoms with Crippen molar-refractivity contribution in [3.8, 4) is 0 Å². The number of amides is 1. The van der Waals surface area contributed by atoms with Crippen molar-refractivity contribution in [1.82, 2.24) is 14.3 Å². The van der Waals surface area contributed by atoms with Crippen molar-refractivity contribution in [3.63, 3.8) is 0 Å². The quantitative estimate of drug-likeness (QED) is 0.835. The largest absolute Gasteiger partial charge is 0.306 e. The molecule has 120 valence electrons. The Morgan fingerprint density at radius 1 is 1.26 bits per heavy atom. The third-order valence-electron chi connectivity index (χ3n) is 3.75. The van der Waals surface area contributed by atoms with Crippen LogP contribution in [0.25, 0.3) is 0 Å². The molecule has 0 bridgehead atoms. The molecule has 2 aromatic rings. The molecule has 3 rings (SSSR count). The van der Waals surface area contributed by atoms with Gasteiger partial charge in [-0.15, -0.1) is 0 Å². The third kappa shape index (κ3) is 2.71. The fraction of sp³-hybridized carbons (Fsp3) is 0.267. The molecule has 7 nitrogen and oxygen atoms in total. The average molecular weight is 332 g/mol.